The van der Waals surface area contributed by atoms with Crippen LogP contribution in [0, 0.1) is 5.92 Å². The third-order valence-corrected chi connectivity index (χ3v) is 1.07. The maximum atomic E-state index is 11.6. The van der Waals surface area contributed by atoms with Gasteiger partial charge in [0.05, 0.1) is 5.92 Å². The van der Waals surface area contributed by atoms with Crippen molar-refractivity contribution in [2.45, 2.75) is 13.1 Å². The highest BCUT2D eigenvalue weighted by atomic mass is 35.5. The van der Waals surface area contributed by atoms with Crippen LogP contribution in [0.2, 0.25) is 0 Å². The van der Waals surface area contributed by atoms with Crippen molar-refractivity contribution in [3.05, 3.63) is 0 Å². The molecule has 1 N–H and O–H groups in total. The summed E-state index contributed by atoms with van der Waals surface area (Å²) in [6.45, 7) is 1.14. The molecular formula is C5H11ClF3N. The summed E-state index contributed by atoms with van der Waals surface area (Å²) >= 11 is 0. The van der Waals surface area contributed by atoms with E-state index in [4.69, 9.17) is 0 Å². The van der Waals surface area contributed by atoms with Gasteiger partial charge in [-0.25, -0.2) is 0 Å². The quantitative estimate of drug-likeness (QED) is 0.679. The first-order valence-electron chi connectivity index (χ1n) is 2.69. The van der Waals surface area contributed by atoms with Crippen LogP contribution >= 0.6 is 12.4 Å². The van der Waals surface area contributed by atoms with E-state index in [1.165, 1.54) is 7.05 Å². The third kappa shape index (κ3) is 4.88. The van der Waals surface area contributed by atoms with E-state index in [0.29, 0.717) is 0 Å². The van der Waals surface area contributed by atoms with Crippen molar-refractivity contribution in [3.63, 3.8) is 0 Å². The fourth-order valence-electron chi connectivity index (χ4n) is 0.422. The lowest BCUT2D eigenvalue weighted by atomic mass is 10.2. The molecular weight excluding hydrogens is 167 g/mol. The third-order valence-electron chi connectivity index (χ3n) is 1.07. The first kappa shape index (κ1) is 12.7. The number of alkyl halides is 3. The monoisotopic (exact) mass is 177 g/mol. The number of hydrogen-bond donors (Lipinski definition) is 1. The van der Waals surface area contributed by atoms with Crippen LogP contribution in [0.3, 0.4) is 0 Å². The molecule has 0 saturated heterocycles. The van der Waals surface area contributed by atoms with Gasteiger partial charge >= 0.3 is 6.18 Å². The van der Waals surface area contributed by atoms with Crippen molar-refractivity contribution in [1.29, 1.82) is 0 Å². The second-order valence-corrected chi connectivity index (χ2v) is 2.00. The van der Waals surface area contributed by atoms with E-state index in [0.717, 1.165) is 6.92 Å². The van der Waals surface area contributed by atoms with E-state index in [1.54, 1.807) is 0 Å². The van der Waals surface area contributed by atoms with E-state index in [-0.39, 0.29) is 19.0 Å². The molecule has 0 amide bonds. The lowest BCUT2D eigenvalue weighted by molar-refractivity contribution is -0.167. The zero-order valence-corrected chi connectivity index (χ0v) is 6.64. The molecule has 0 rings (SSSR count). The van der Waals surface area contributed by atoms with Gasteiger partial charge in [-0.3, -0.25) is 0 Å². The van der Waals surface area contributed by atoms with Crippen molar-refractivity contribution < 1.29 is 13.2 Å². The van der Waals surface area contributed by atoms with Gasteiger partial charge in [-0.05, 0) is 7.05 Å². The summed E-state index contributed by atoms with van der Waals surface area (Å²) in [5.74, 6) is -1.25. The first-order chi connectivity index (χ1) is 3.98. The van der Waals surface area contributed by atoms with E-state index >= 15 is 0 Å². The van der Waals surface area contributed by atoms with Gasteiger partial charge in [-0.2, -0.15) is 13.2 Å². The van der Waals surface area contributed by atoms with Crippen LogP contribution in [0.5, 0.6) is 0 Å². The second-order valence-electron chi connectivity index (χ2n) is 2.00. The Kier molecular flexibility index (Phi) is 6.09. The van der Waals surface area contributed by atoms with Crippen LogP contribution in [0.15, 0.2) is 0 Å². The maximum Gasteiger partial charge on any atom is 0.392 e. The average molecular weight is 178 g/mol. The van der Waals surface area contributed by atoms with Crippen LogP contribution in [0.1, 0.15) is 6.92 Å². The lowest BCUT2D eigenvalue weighted by Crippen LogP contribution is -2.29. The highest BCUT2D eigenvalue weighted by molar-refractivity contribution is 5.85. The molecule has 0 heterocycles. The number of rotatable bonds is 2. The minimum atomic E-state index is -4.05. The van der Waals surface area contributed by atoms with Crippen molar-refractivity contribution in [2.24, 2.45) is 5.92 Å². The summed E-state index contributed by atoms with van der Waals surface area (Å²) in [5.41, 5.74) is 0. The van der Waals surface area contributed by atoms with Gasteiger partial charge in [0, 0.05) is 6.54 Å². The summed E-state index contributed by atoms with van der Waals surface area (Å²) in [6.07, 6.45) is -4.05. The highest BCUT2D eigenvalue weighted by Gasteiger charge is 2.34. The molecule has 1 atom stereocenters. The molecule has 0 aliphatic rings. The van der Waals surface area contributed by atoms with E-state index in [1.807, 2.05) is 0 Å². The van der Waals surface area contributed by atoms with Gasteiger partial charge in [0.15, 0.2) is 0 Å². The topological polar surface area (TPSA) is 12.0 Å². The average Bonchev–Trinajstić information content (AvgIpc) is 1.64. The molecule has 0 bridgehead atoms. The van der Waals surface area contributed by atoms with Crippen LogP contribution < -0.4 is 5.32 Å². The maximum absolute atomic E-state index is 11.6. The SMILES string of the molecule is CNCC(C)C(F)(F)F.Cl. The molecule has 0 aliphatic carbocycles. The number of nitrogens with one attached hydrogen (secondary N) is 1. The van der Waals surface area contributed by atoms with Crippen molar-refractivity contribution in [3.8, 4) is 0 Å². The zero-order valence-electron chi connectivity index (χ0n) is 5.83. The van der Waals surface area contributed by atoms with Crippen LogP contribution in [-0.4, -0.2) is 19.8 Å². The minimum absolute atomic E-state index is 0. The predicted octanol–water partition coefficient (Wildman–Crippen LogP) is 1.83. The second kappa shape index (κ2) is 4.79. The normalized spacial score (nSPS) is 14.1. The van der Waals surface area contributed by atoms with Gasteiger partial charge in [-0.15, -0.1) is 12.4 Å². The molecule has 0 radical (unpaired) electrons. The Balaban J connectivity index is 0. The van der Waals surface area contributed by atoms with Crippen molar-refractivity contribution in [1.82, 2.24) is 5.32 Å². The Hall–Kier alpha value is 0.0400. The summed E-state index contributed by atoms with van der Waals surface area (Å²) in [7, 11) is 1.50. The Bertz CT molecular complexity index is 83.5. The van der Waals surface area contributed by atoms with E-state index in [9.17, 15) is 13.2 Å². The summed E-state index contributed by atoms with van der Waals surface area (Å²) in [5, 5.41) is 2.45. The van der Waals surface area contributed by atoms with E-state index < -0.39 is 12.1 Å². The lowest BCUT2D eigenvalue weighted by Gasteiger charge is -2.13. The molecule has 0 aromatic rings. The minimum Gasteiger partial charge on any atom is -0.319 e. The molecule has 0 aliphatic heterocycles. The highest BCUT2D eigenvalue weighted by Crippen LogP contribution is 2.24. The van der Waals surface area contributed by atoms with Gasteiger partial charge < -0.3 is 5.32 Å². The standard InChI is InChI=1S/C5H10F3N.ClH/c1-4(3-9-2)5(6,7)8;/h4,9H,3H2,1-2H3;1H. The Morgan fingerprint density at radius 3 is 1.90 bits per heavy atom. The van der Waals surface area contributed by atoms with Gasteiger partial charge in [0.1, 0.15) is 0 Å². The molecule has 1 nitrogen and oxygen atoms in total. The van der Waals surface area contributed by atoms with Gasteiger partial charge in [-0.1, -0.05) is 6.92 Å². The van der Waals surface area contributed by atoms with Crippen LogP contribution in [0.25, 0.3) is 0 Å². The molecule has 10 heavy (non-hydrogen) atoms. The van der Waals surface area contributed by atoms with Crippen molar-refractivity contribution >= 4 is 12.4 Å². The number of halogens is 4. The Labute approximate surface area is 64.4 Å². The molecule has 1 unspecified atom stereocenters. The molecule has 64 valence electrons. The number of hydrogen-bond acceptors (Lipinski definition) is 1. The zero-order chi connectivity index (χ0) is 7.49. The summed E-state index contributed by atoms with van der Waals surface area (Å²) in [6, 6.07) is 0. The largest absolute Gasteiger partial charge is 0.392 e. The molecule has 0 saturated carbocycles. The van der Waals surface area contributed by atoms with Crippen LogP contribution in [-0.2, 0) is 0 Å². The van der Waals surface area contributed by atoms with Gasteiger partial charge in [0.25, 0.3) is 0 Å². The molecule has 5 heteroatoms. The molecule has 0 spiro atoms. The Morgan fingerprint density at radius 2 is 1.80 bits per heavy atom. The summed E-state index contributed by atoms with van der Waals surface area (Å²) < 4.78 is 34.8. The predicted molar refractivity (Wildman–Crippen MR) is 36.4 cm³/mol. The summed E-state index contributed by atoms with van der Waals surface area (Å²) in [4.78, 5) is 0. The molecule has 0 aromatic heterocycles. The van der Waals surface area contributed by atoms with Crippen LogP contribution in [0.4, 0.5) is 13.2 Å². The Morgan fingerprint density at radius 1 is 1.40 bits per heavy atom. The molecule has 0 fully saturated rings. The van der Waals surface area contributed by atoms with Gasteiger partial charge in [0.2, 0.25) is 0 Å². The van der Waals surface area contributed by atoms with Crippen molar-refractivity contribution in [2.75, 3.05) is 13.6 Å². The fourth-order valence-corrected chi connectivity index (χ4v) is 0.422. The van der Waals surface area contributed by atoms with E-state index in [2.05, 4.69) is 5.32 Å². The molecule has 0 aromatic carbocycles. The smallest absolute Gasteiger partial charge is 0.319 e. The fraction of sp³-hybridized carbons (Fsp3) is 1.00. The first-order valence-corrected chi connectivity index (χ1v) is 2.69.